The zero-order valence-corrected chi connectivity index (χ0v) is 12.8. The molecular weight excluding hydrogens is 328 g/mol. The summed E-state index contributed by atoms with van der Waals surface area (Å²) in [5, 5.41) is 7.13. The number of aromatic nitrogens is 2. The highest BCUT2D eigenvalue weighted by atomic mass is 79.9. The number of halogens is 2. The Kier molecular flexibility index (Phi) is 4.99. The molecule has 1 aromatic heterocycles. The van der Waals surface area contributed by atoms with Crippen LogP contribution in [-0.4, -0.2) is 16.5 Å². The summed E-state index contributed by atoms with van der Waals surface area (Å²) < 4.78 is 0.890. The van der Waals surface area contributed by atoms with E-state index in [9.17, 15) is 0 Å². The van der Waals surface area contributed by atoms with Crippen LogP contribution in [0.5, 0.6) is 0 Å². The van der Waals surface area contributed by atoms with Gasteiger partial charge in [0.15, 0.2) is 0 Å². The van der Waals surface area contributed by atoms with Crippen molar-refractivity contribution in [2.45, 2.75) is 13.3 Å². The van der Waals surface area contributed by atoms with Crippen LogP contribution in [0.4, 0.5) is 17.3 Å². The van der Waals surface area contributed by atoms with Crippen molar-refractivity contribution in [2.24, 2.45) is 0 Å². The molecule has 4 nitrogen and oxygen atoms in total. The Labute approximate surface area is 125 Å². The van der Waals surface area contributed by atoms with Crippen LogP contribution in [0.2, 0.25) is 5.02 Å². The van der Waals surface area contributed by atoms with E-state index in [-0.39, 0.29) is 0 Å². The minimum absolute atomic E-state index is 0.686. The average molecular weight is 342 g/mol. The molecule has 0 atom stereocenters. The number of benzene rings is 1. The quantitative estimate of drug-likeness (QED) is 0.843. The maximum Gasteiger partial charge on any atom is 0.135 e. The molecule has 0 aliphatic rings. The standard InChI is InChI=1S/C13H14BrClN4/c1-2-5-16-12-7-13(18-8-17-12)19-11-4-3-9(15)6-10(11)14/h3-4,6-8H,2,5H2,1H3,(H2,16,17,18,19). The van der Waals surface area contributed by atoms with Crippen LogP contribution >= 0.6 is 27.5 Å². The van der Waals surface area contributed by atoms with Crippen molar-refractivity contribution in [2.75, 3.05) is 17.2 Å². The fraction of sp³-hybridized carbons (Fsp3) is 0.231. The monoisotopic (exact) mass is 340 g/mol. The van der Waals surface area contributed by atoms with Gasteiger partial charge in [-0.2, -0.15) is 0 Å². The molecule has 0 radical (unpaired) electrons. The summed E-state index contributed by atoms with van der Waals surface area (Å²) in [5.74, 6) is 1.54. The lowest BCUT2D eigenvalue weighted by Crippen LogP contribution is -2.03. The highest BCUT2D eigenvalue weighted by molar-refractivity contribution is 9.10. The molecular formula is C13H14BrClN4. The second-order valence-corrected chi connectivity index (χ2v) is 5.26. The SMILES string of the molecule is CCCNc1cc(Nc2ccc(Cl)cc2Br)ncn1. The molecule has 100 valence electrons. The van der Waals surface area contributed by atoms with Crippen LogP contribution in [0, 0.1) is 0 Å². The van der Waals surface area contributed by atoms with Crippen LogP contribution in [0.1, 0.15) is 13.3 Å². The van der Waals surface area contributed by atoms with Gasteiger partial charge in [0, 0.05) is 22.1 Å². The number of anilines is 3. The van der Waals surface area contributed by atoms with Crippen LogP contribution in [0.25, 0.3) is 0 Å². The van der Waals surface area contributed by atoms with Crippen LogP contribution in [0.15, 0.2) is 35.1 Å². The number of hydrogen-bond acceptors (Lipinski definition) is 4. The highest BCUT2D eigenvalue weighted by Gasteiger charge is 2.03. The van der Waals surface area contributed by atoms with Gasteiger partial charge < -0.3 is 10.6 Å². The van der Waals surface area contributed by atoms with E-state index in [0.717, 1.165) is 34.8 Å². The number of hydrogen-bond donors (Lipinski definition) is 2. The van der Waals surface area contributed by atoms with Crippen LogP contribution < -0.4 is 10.6 Å². The zero-order chi connectivity index (χ0) is 13.7. The van der Waals surface area contributed by atoms with Gasteiger partial charge in [0.25, 0.3) is 0 Å². The molecule has 0 bridgehead atoms. The third-order valence-electron chi connectivity index (χ3n) is 2.42. The van der Waals surface area contributed by atoms with E-state index in [2.05, 4.69) is 43.5 Å². The summed E-state index contributed by atoms with van der Waals surface area (Å²) in [6.07, 6.45) is 2.58. The predicted octanol–water partition coefficient (Wildman–Crippen LogP) is 4.46. The minimum atomic E-state index is 0.686. The lowest BCUT2D eigenvalue weighted by molar-refractivity contribution is 0.965. The first-order valence-electron chi connectivity index (χ1n) is 5.97. The zero-order valence-electron chi connectivity index (χ0n) is 10.5. The van der Waals surface area contributed by atoms with Crippen molar-refractivity contribution < 1.29 is 0 Å². The minimum Gasteiger partial charge on any atom is -0.370 e. The van der Waals surface area contributed by atoms with Gasteiger partial charge in [-0.1, -0.05) is 18.5 Å². The van der Waals surface area contributed by atoms with Crippen LogP contribution in [-0.2, 0) is 0 Å². The fourth-order valence-electron chi connectivity index (χ4n) is 1.50. The third kappa shape index (κ3) is 4.08. The highest BCUT2D eigenvalue weighted by Crippen LogP contribution is 2.28. The summed E-state index contributed by atoms with van der Waals surface area (Å²) in [7, 11) is 0. The molecule has 19 heavy (non-hydrogen) atoms. The van der Waals surface area contributed by atoms with Crippen molar-refractivity contribution in [3.8, 4) is 0 Å². The molecule has 0 aliphatic heterocycles. The van der Waals surface area contributed by atoms with Gasteiger partial charge in [0.05, 0.1) is 5.69 Å². The van der Waals surface area contributed by atoms with E-state index in [0.29, 0.717) is 5.02 Å². The van der Waals surface area contributed by atoms with Gasteiger partial charge in [-0.25, -0.2) is 9.97 Å². The Morgan fingerprint density at radius 2 is 2.00 bits per heavy atom. The summed E-state index contributed by atoms with van der Waals surface area (Å²) in [5.41, 5.74) is 0.907. The molecule has 0 amide bonds. The van der Waals surface area contributed by atoms with E-state index in [1.54, 1.807) is 0 Å². The Hall–Kier alpha value is -1.33. The number of nitrogens with zero attached hydrogens (tertiary/aromatic N) is 2. The maximum absolute atomic E-state index is 5.91. The molecule has 0 saturated heterocycles. The van der Waals surface area contributed by atoms with E-state index in [1.165, 1.54) is 6.33 Å². The molecule has 0 spiro atoms. The summed E-state index contributed by atoms with van der Waals surface area (Å²) in [4.78, 5) is 8.35. The number of nitrogens with one attached hydrogen (secondary N) is 2. The van der Waals surface area contributed by atoms with E-state index < -0.39 is 0 Å². The van der Waals surface area contributed by atoms with Crippen molar-refractivity contribution in [1.82, 2.24) is 9.97 Å². The van der Waals surface area contributed by atoms with Crippen molar-refractivity contribution in [1.29, 1.82) is 0 Å². The summed E-state index contributed by atoms with van der Waals surface area (Å²) in [6.45, 7) is 3.00. The number of rotatable bonds is 5. The fourth-order valence-corrected chi connectivity index (χ4v) is 2.29. The molecule has 6 heteroatoms. The Morgan fingerprint density at radius 1 is 1.21 bits per heavy atom. The second-order valence-electron chi connectivity index (χ2n) is 3.96. The predicted molar refractivity (Wildman–Crippen MR) is 83.2 cm³/mol. The van der Waals surface area contributed by atoms with E-state index >= 15 is 0 Å². The van der Waals surface area contributed by atoms with E-state index in [4.69, 9.17) is 11.6 Å². The van der Waals surface area contributed by atoms with Gasteiger partial charge in [0.1, 0.15) is 18.0 Å². The molecule has 0 saturated carbocycles. The summed E-state index contributed by atoms with van der Waals surface area (Å²) in [6, 6.07) is 7.43. The Morgan fingerprint density at radius 3 is 2.74 bits per heavy atom. The molecule has 0 unspecified atom stereocenters. The summed E-state index contributed by atoms with van der Waals surface area (Å²) >= 11 is 9.37. The smallest absolute Gasteiger partial charge is 0.135 e. The molecule has 1 aromatic carbocycles. The van der Waals surface area contributed by atoms with Crippen LogP contribution in [0.3, 0.4) is 0 Å². The average Bonchev–Trinajstić information content (AvgIpc) is 2.40. The first-order valence-corrected chi connectivity index (χ1v) is 7.14. The van der Waals surface area contributed by atoms with Crippen molar-refractivity contribution >= 4 is 44.9 Å². The van der Waals surface area contributed by atoms with Gasteiger partial charge in [-0.05, 0) is 40.5 Å². The van der Waals surface area contributed by atoms with E-state index in [1.807, 2.05) is 24.3 Å². The molecule has 1 heterocycles. The van der Waals surface area contributed by atoms with Crippen molar-refractivity contribution in [3.63, 3.8) is 0 Å². The lowest BCUT2D eigenvalue weighted by atomic mass is 10.3. The molecule has 0 fully saturated rings. The maximum atomic E-state index is 5.91. The molecule has 2 N–H and O–H groups in total. The van der Waals surface area contributed by atoms with Crippen molar-refractivity contribution in [3.05, 3.63) is 40.1 Å². The van der Waals surface area contributed by atoms with Gasteiger partial charge in [-0.3, -0.25) is 0 Å². The molecule has 0 aliphatic carbocycles. The first kappa shape index (κ1) is 14.1. The largest absolute Gasteiger partial charge is 0.370 e. The normalized spacial score (nSPS) is 10.3. The molecule has 2 aromatic rings. The Balaban J connectivity index is 2.14. The second kappa shape index (κ2) is 6.73. The van der Waals surface area contributed by atoms with Gasteiger partial charge in [0.2, 0.25) is 0 Å². The first-order chi connectivity index (χ1) is 9.19. The topological polar surface area (TPSA) is 49.8 Å². The van der Waals surface area contributed by atoms with Gasteiger partial charge in [-0.15, -0.1) is 0 Å². The Bertz CT molecular complexity index is 562. The molecule has 2 rings (SSSR count). The lowest BCUT2D eigenvalue weighted by Gasteiger charge is -2.09. The third-order valence-corrected chi connectivity index (χ3v) is 3.31. The van der Waals surface area contributed by atoms with Gasteiger partial charge >= 0.3 is 0 Å².